The lowest BCUT2D eigenvalue weighted by Crippen LogP contribution is -2.18. The first-order valence-corrected chi connectivity index (χ1v) is 7.88. The minimum Gasteiger partial charge on any atom is -0.411 e. The van der Waals surface area contributed by atoms with Gasteiger partial charge in [-0.15, -0.1) is 11.3 Å². The molecule has 1 heterocycles. The summed E-state index contributed by atoms with van der Waals surface area (Å²) in [5.41, 5.74) is 0.481. The maximum atomic E-state index is 11.9. The third kappa shape index (κ3) is 5.74. The monoisotopic (exact) mass is 331 g/mol. The van der Waals surface area contributed by atoms with Gasteiger partial charge in [0.05, 0.1) is 5.75 Å². The van der Waals surface area contributed by atoms with E-state index in [0.717, 1.165) is 11.3 Å². The second-order valence-electron chi connectivity index (χ2n) is 3.86. The molecule has 0 saturated heterocycles. The van der Waals surface area contributed by atoms with Crippen LogP contribution in [0.2, 0.25) is 0 Å². The number of sulfonamides is 1. The largest absolute Gasteiger partial charge is 0.411 e. The van der Waals surface area contributed by atoms with Crippen molar-refractivity contribution in [2.75, 3.05) is 10.5 Å². The average Bonchev–Trinajstić information content (AvgIpc) is 2.73. The lowest BCUT2D eigenvalue weighted by Gasteiger charge is -2.07. The van der Waals surface area contributed by atoms with Crippen molar-refractivity contribution < 1.29 is 26.8 Å². The fourth-order valence-corrected chi connectivity index (χ4v) is 3.29. The van der Waals surface area contributed by atoms with E-state index in [1.807, 2.05) is 0 Å². The van der Waals surface area contributed by atoms with Crippen LogP contribution in [0, 0.1) is 0 Å². The highest BCUT2D eigenvalue weighted by atomic mass is 32.2. The minimum atomic E-state index is -4.38. The molecule has 0 aliphatic heterocycles. The molecule has 1 aromatic heterocycles. The summed E-state index contributed by atoms with van der Waals surface area (Å²) >= 11 is 0.944. The van der Waals surface area contributed by atoms with Gasteiger partial charge in [-0.25, -0.2) is 13.4 Å². The smallest absolute Gasteiger partial charge is 0.389 e. The number of alkyl halides is 3. The van der Waals surface area contributed by atoms with Gasteiger partial charge in [0, 0.05) is 11.8 Å². The van der Waals surface area contributed by atoms with E-state index in [2.05, 4.69) is 14.9 Å². The zero-order chi connectivity index (χ0) is 15.4. The summed E-state index contributed by atoms with van der Waals surface area (Å²) in [5.74, 6) is -0.644. The van der Waals surface area contributed by atoms with Crippen molar-refractivity contribution in [1.29, 1.82) is 0 Å². The Morgan fingerprint density at radius 1 is 1.55 bits per heavy atom. The maximum Gasteiger partial charge on any atom is 0.389 e. The van der Waals surface area contributed by atoms with E-state index in [9.17, 15) is 21.6 Å². The van der Waals surface area contributed by atoms with Gasteiger partial charge in [-0.2, -0.15) is 13.2 Å². The van der Waals surface area contributed by atoms with Crippen LogP contribution in [0.15, 0.2) is 10.5 Å². The molecule has 0 atom stereocenters. The molecule has 0 saturated carbocycles. The Kier molecular flexibility index (Phi) is 5.34. The Bertz CT molecular complexity index is 581. The molecule has 20 heavy (non-hydrogen) atoms. The lowest BCUT2D eigenvalue weighted by molar-refractivity contribution is -0.134. The number of anilines is 1. The molecule has 2 N–H and O–H groups in total. The van der Waals surface area contributed by atoms with Crippen molar-refractivity contribution in [1.82, 2.24) is 4.98 Å². The van der Waals surface area contributed by atoms with Gasteiger partial charge < -0.3 is 5.21 Å². The second kappa shape index (κ2) is 6.39. The fourth-order valence-electron chi connectivity index (χ4n) is 1.18. The van der Waals surface area contributed by atoms with Gasteiger partial charge in [0.25, 0.3) is 0 Å². The summed E-state index contributed by atoms with van der Waals surface area (Å²) in [6.07, 6.45) is -6.06. The van der Waals surface area contributed by atoms with Gasteiger partial charge >= 0.3 is 6.18 Å². The predicted molar refractivity (Wildman–Crippen MR) is 68.8 cm³/mol. The quantitative estimate of drug-likeness (QED) is 0.476. The van der Waals surface area contributed by atoms with Crippen LogP contribution in [-0.4, -0.2) is 36.2 Å². The van der Waals surface area contributed by atoms with Crippen molar-refractivity contribution in [3.05, 3.63) is 11.1 Å². The molecule has 0 aliphatic rings. The van der Waals surface area contributed by atoms with Crippen molar-refractivity contribution in [2.24, 2.45) is 5.16 Å². The van der Waals surface area contributed by atoms with Crippen LogP contribution >= 0.6 is 11.3 Å². The Morgan fingerprint density at radius 2 is 2.20 bits per heavy atom. The molecular formula is C9H12F3N3O3S2. The average molecular weight is 331 g/mol. The van der Waals surface area contributed by atoms with Crippen LogP contribution in [0.4, 0.5) is 18.3 Å². The first-order valence-electron chi connectivity index (χ1n) is 5.35. The van der Waals surface area contributed by atoms with E-state index < -0.39 is 34.8 Å². The van der Waals surface area contributed by atoms with E-state index in [1.165, 1.54) is 12.3 Å². The number of rotatable bonds is 6. The van der Waals surface area contributed by atoms with Crippen LogP contribution in [0.1, 0.15) is 25.5 Å². The fraction of sp³-hybridized carbons (Fsp3) is 0.556. The summed E-state index contributed by atoms with van der Waals surface area (Å²) in [4.78, 5) is 3.84. The molecule has 0 bridgehead atoms. The second-order valence-corrected chi connectivity index (χ2v) is 6.56. The number of aromatic nitrogens is 1. The number of nitrogens with one attached hydrogen (secondary N) is 1. The van der Waals surface area contributed by atoms with Gasteiger partial charge in [0.1, 0.15) is 11.4 Å². The zero-order valence-corrected chi connectivity index (χ0v) is 11.9. The molecule has 6 nitrogen and oxygen atoms in total. The van der Waals surface area contributed by atoms with Gasteiger partial charge in [-0.05, 0) is 13.3 Å². The molecule has 1 rings (SSSR count). The molecule has 0 radical (unpaired) electrons. The van der Waals surface area contributed by atoms with Gasteiger partial charge in [0.15, 0.2) is 5.13 Å². The molecule has 1 aromatic rings. The molecule has 0 amide bonds. The molecule has 0 unspecified atom stereocenters. The van der Waals surface area contributed by atoms with Gasteiger partial charge in [0.2, 0.25) is 10.0 Å². The number of hydrogen-bond acceptors (Lipinski definition) is 6. The lowest BCUT2D eigenvalue weighted by atomic mass is 10.3. The summed E-state index contributed by atoms with van der Waals surface area (Å²) in [6, 6.07) is 0. The number of thiazole rings is 1. The minimum absolute atomic E-state index is 0.00927. The van der Waals surface area contributed by atoms with Crippen molar-refractivity contribution in [3.8, 4) is 0 Å². The first-order chi connectivity index (χ1) is 9.13. The summed E-state index contributed by atoms with van der Waals surface area (Å²) in [7, 11) is -3.88. The molecule has 0 aromatic carbocycles. The predicted octanol–water partition coefficient (Wildman–Crippen LogP) is 2.43. The maximum absolute atomic E-state index is 11.9. The van der Waals surface area contributed by atoms with E-state index >= 15 is 0 Å². The SMILES string of the molecule is CC(=NO)c1csc(NS(=O)(=O)CCCC(F)(F)F)n1. The van der Waals surface area contributed by atoms with Crippen LogP contribution < -0.4 is 4.72 Å². The highest BCUT2D eigenvalue weighted by Gasteiger charge is 2.27. The summed E-state index contributed by atoms with van der Waals surface area (Å²) in [6.45, 7) is 1.47. The Hall–Kier alpha value is -1.36. The topological polar surface area (TPSA) is 91.7 Å². The van der Waals surface area contributed by atoms with Crippen molar-refractivity contribution in [3.63, 3.8) is 0 Å². The van der Waals surface area contributed by atoms with Crippen molar-refractivity contribution >= 4 is 32.2 Å². The van der Waals surface area contributed by atoms with Gasteiger partial charge in [-0.3, -0.25) is 4.72 Å². The molecule has 114 valence electrons. The molecule has 11 heteroatoms. The highest BCUT2D eigenvalue weighted by molar-refractivity contribution is 7.92. The third-order valence-electron chi connectivity index (χ3n) is 2.14. The van der Waals surface area contributed by atoms with Crippen LogP contribution in [-0.2, 0) is 10.0 Å². The molecule has 0 fully saturated rings. The van der Waals surface area contributed by atoms with Crippen LogP contribution in [0.3, 0.4) is 0 Å². The number of halogens is 3. The van der Waals surface area contributed by atoms with Crippen LogP contribution in [0.25, 0.3) is 0 Å². The number of oxime groups is 1. The first kappa shape index (κ1) is 16.7. The summed E-state index contributed by atoms with van der Waals surface area (Å²) < 4.78 is 60.9. The van der Waals surface area contributed by atoms with Crippen molar-refractivity contribution in [2.45, 2.75) is 25.9 Å². The Labute approximate surface area is 117 Å². The standard InChI is InChI=1S/C9H12F3N3O3S2/c1-6(14-16)7-5-19-8(13-7)15-20(17,18)4-2-3-9(10,11)12/h5,16H,2-4H2,1H3,(H,13,15). The number of hydrogen-bond donors (Lipinski definition) is 2. The van der Waals surface area contributed by atoms with Crippen LogP contribution in [0.5, 0.6) is 0 Å². The third-order valence-corrected chi connectivity index (χ3v) is 4.36. The van der Waals surface area contributed by atoms with E-state index in [1.54, 1.807) is 0 Å². The molecule has 0 aliphatic carbocycles. The Balaban J connectivity index is 2.60. The normalized spacial score (nSPS) is 13.5. The molecular weight excluding hydrogens is 319 g/mol. The Morgan fingerprint density at radius 3 is 2.75 bits per heavy atom. The summed E-state index contributed by atoms with van der Waals surface area (Å²) in [5, 5.41) is 12.9. The van der Waals surface area contributed by atoms with Gasteiger partial charge in [-0.1, -0.05) is 5.16 Å². The highest BCUT2D eigenvalue weighted by Crippen LogP contribution is 2.22. The molecule has 0 spiro atoms. The zero-order valence-electron chi connectivity index (χ0n) is 10.3. The van der Waals surface area contributed by atoms with E-state index in [4.69, 9.17) is 5.21 Å². The van der Waals surface area contributed by atoms with E-state index in [0.29, 0.717) is 0 Å². The number of nitrogens with zero attached hydrogens (tertiary/aromatic N) is 2. The van der Waals surface area contributed by atoms with E-state index in [-0.39, 0.29) is 16.5 Å².